The molecule has 0 saturated carbocycles. The highest BCUT2D eigenvalue weighted by Gasteiger charge is 2.30. The second kappa shape index (κ2) is 4.14. The average molecular weight is 225 g/mol. The molecule has 16 heavy (non-hydrogen) atoms. The van der Waals surface area contributed by atoms with Gasteiger partial charge in [-0.3, -0.25) is 0 Å². The summed E-state index contributed by atoms with van der Waals surface area (Å²) in [5.41, 5.74) is 5.98. The number of rotatable bonds is 2. The smallest absolute Gasteiger partial charge is 0.244 e. The van der Waals surface area contributed by atoms with E-state index in [1.165, 1.54) is 0 Å². The number of nitrogens with two attached hydrogens (primary N) is 1. The number of nitrogens with zero attached hydrogens (tertiary/aromatic N) is 2. The van der Waals surface area contributed by atoms with Crippen LogP contribution in [0.1, 0.15) is 50.9 Å². The van der Waals surface area contributed by atoms with Gasteiger partial charge in [0.25, 0.3) is 0 Å². The van der Waals surface area contributed by atoms with E-state index in [2.05, 4.69) is 30.9 Å². The fraction of sp³-hybridized carbons (Fsp3) is 0.818. The van der Waals surface area contributed by atoms with Crippen LogP contribution in [-0.4, -0.2) is 23.4 Å². The Morgan fingerprint density at radius 2 is 2.19 bits per heavy atom. The van der Waals surface area contributed by atoms with Gasteiger partial charge in [-0.25, -0.2) is 0 Å². The van der Waals surface area contributed by atoms with Crippen LogP contribution in [-0.2, 0) is 4.74 Å². The largest absolute Gasteiger partial charge is 0.381 e. The lowest BCUT2D eigenvalue weighted by molar-refractivity contribution is 0.192. The normalized spacial score (nSPS) is 23.6. The van der Waals surface area contributed by atoms with Gasteiger partial charge in [-0.1, -0.05) is 25.9 Å². The molecule has 2 heterocycles. The first-order chi connectivity index (χ1) is 7.48. The number of hydrogen-bond acceptors (Lipinski definition) is 5. The third-order valence-corrected chi connectivity index (χ3v) is 2.95. The molecule has 1 aliphatic rings. The minimum atomic E-state index is -0.226. The molecule has 1 aromatic rings. The van der Waals surface area contributed by atoms with Crippen molar-refractivity contribution in [2.45, 2.75) is 39.2 Å². The molecular formula is C11H19N3O2. The van der Waals surface area contributed by atoms with E-state index in [1.54, 1.807) is 0 Å². The van der Waals surface area contributed by atoms with Gasteiger partial charge < -0.3 is 15.0 Å². The highest BCUT2D eigenvalue weighted by Crippen LogP contribution is 2.30. The van der Waals surface area contributed by atoms with Crippen LogP contribution in [0.15, 0.2) is 4.52 Å². The Morgan fingerprint density at radius 3 is 2.75 bits per heavy atom. The first-order valence-electron chi connectivity index (χ1n) is 5.65. The van der Waals surface area contributed by atoms with Crippen molar-refractivity contribution >= 4 is 0 Å². The summed E-state index contributed by atoms with van der Waals surface area (Å²) in [6.07, 6.45) is 0.962. The summed E-state index contributed by atoms with van der Waals surface area (Å²) in [4.78, 5) is 4.38. The molecule has 90 valence electrons. The molecule has 2 rings (SSSR count). The topological polar surface area (TPSA) is 74.2 Å². The molecule has 0 aromatic carbocycles. The second-order valence-corrected chi connectivity index (χ2v) is 5.40. The van der Waals surface area contributed by atoms with Gasteiger partial charge in [0.05, 0.1) is 12.6 Å². The minimum absolute atomic E-state index is 0.0734. The van der Waals surface area contributed by atoms with Crippen molar-refractivity contribution in [2.24, 2.45) is 11.1 Å². The predicted molar refractivity (Wildman–Crippen MR) is 58.9 cm³/mol. The molecule has 1 unspecified atom stereocenters. The van der Waals surface area contributed by atoms with Crippen LogP contribution >= 0.6 is 0 Å². The van der Waals surface area contributed by atoms with Gasteiger partial charge in [-0.15, -0.1) is 0 Å². The summed E-state index contributed by atoms with van der Waals surface area (Å²) in [6, 6.07) is -0.226. The van der Waals surface area contributed by atoms with Gasteiger partial charge in [-0.2, -0.15) is 4.98 Å². The zero-order valence-corrected chi connectivity index (χ0v) is 10.1. The standard InChI is InChI=1S/C11H19N3O2/c1-11(2,3)8(12)10-13-9(14-16-10)7-4-5-15-6-7/h7-8H,4-6,12H2,1-3H3/t7?,8-/m0/s1. The highest BCUT2D eigenvalue weighted by molar-refractivity contribution is 5.01. The average Bonchev–Trinajstić information content (AvgIpc) is 2.85. The van der Waals surface area contributed by atoms with E-state index in [9.17, 15) is 0 Å². The van der Waals surface area contributed by atoms with Crippen molar-refractivity contribution in [3.63, 3.8) is 0 Å². The van der Waals surface area contributed by atoms with Crippen LogP contribution in [0.5, 0.6) is 0 Å². The maximum atomic E-state index is 6.06. The van der Waals surface area contributed by atoms with E-state index < -0.39 is 0 Å². The van der Waals surface area contributed by atoms with Gasteiger partial charge in [0.15, 0.2) is 5.82 Å². The van der Waals surface area contributed by atoms with E-state index >= 15 is 0 Å². The summed E-state index contributed by atoms with van der Waals surface area (Å²) in [7, 11) is 0. The number of hydrogen-bond donors (Lipinski definition) is 1. The zero-order valence-electron chi connectivity index (χ0n) is 10.1. The van der Waals surface area contributed by atoms with E-state index in [0.29, 0.717) is 12.5 Å². The monoisotopic (exact) mass is 225 g/mol. The Morgan fingerprint density at radius 1 is 1.44 bits per heavy atom. The van der Waals surface area contributed by atoms with Gasteiger partial charge in [-0.05, 0) is 11.8 Å². The third-order valence-electron chi connectivity index (χ3n) is 2.95. The van der Waals surface area contributed by atoms with Crippen molar-refractivity contribution in [2.75, 3.05) is 13.2 Å². The summed E-state index contributed by atoms with van der Waals surface area (Å²) in [5.74, 6) is 1.52. The summed E-state index contributed by atoms with van der Waals surface area (Å²) in [5, 5.41) is 3.99. The molecule has 1 fully saturated rings. The molecule has 0 spiro atoms. The van der Waals surface area contributed by atoms with E-state index in [4.69, 9.17) is 15.0 Å². The zero-order chi connectivity index (χ0) is 11.8. The Hall–Kier alpha value is -0.940. The van der Waals surface area contributed by atoms with Crippen LogP contribution < -0.4 is 5.73 Å². The van der Waals surface area contributed by atoms with Crippen molar-refractivity contribution in [1.29, 1.82) is 0 Å². The molecule has 5 nitrogen and oxygen atoms in total. The van der Waals surface area contributed by atoms with Crippen LogP contribution in [0.3, 0.4) is 0 Å². The summed E-state index contributed by atoms with van der Waals surface area (Å²) in [6.45, 7) is 7.63. The van der Waals surface area contributed by atoms with Crippen LogP contribution in [0.2, 0.25) is 0 Å². The molecule has 0 radical (unpaired) electrons. The number of aromatic nitrogens is 2. The number of ether oxygens (including phenoxy) is 1. The van der Waals surface area contributed by atoms with E-state index in [1.807, 2.05) is 0 Å². The molecule has 0 bridgehead atoms. The maximum absolute atomic E-state index is 6.06. The van der Waals surface area contributed by atoms with Gasteiger partial charge in [0, 0.05) is 12.5 Å². The van der Waals surface area contributed by atoms with Crippen molar-refractivity contribution < 1.29 is 9.26 Å². The fourth-order valence-corrected chi connectivity index (χ4v) is 1.65. The second-order valence-electron chi connectivity index (χ2n) is 5.40. The van der Waals surface area contributed by atoms with Gasteiger partial charge >= 0.3 is 0 Å². The highest BCUT2D eigenvalue weighted by atomic mass is 16.5. The van der Waals surface area contributed by atoms with E-state index in [0.717, 1.165) is 18.9 Å². The van der Waals surface area contributed by atoms with Crippen molar-refractivity contribution in [1.82, 2.24) is 10.1 Å². The van der Waals surface area contributed by atoms with Gasteiger partial charge in [0.1, 0.15) is 0 Å². The molecule has 0 amide bonds. The SMILES string of the molecule is CC(C)(C)[C@@H](N)c1nc(C2CCOC2)no1. The van der Waals surface area contributed by atoms with E-state index in [-0.39, 0.29) is 17.4 Å². The molecule has 1 aromatic heterocycles. The van der Waals surface area contributed by atoms with Crippen molar-refractivity contribution in [3.05, 3.63) is 11.7 Å². The Bertz CT molecular complexity index is 350. The van der Waals surface area contributed by atoms with Crippen LogP contribution in [0, 0.1) is 5.41 Å². The Kier molecular flexibility index (Phi) is 2.99. The maximum Gasteiger partial charge on any atom is 0.244 e. The molecule has 0 aliphatic carbocycles. The summed E-state index contributed by atoms with van der Waals surface area (Å²) >= 11 is 0. The predicted octanol–water partition coefficient (Wildman–Crippen LogP) is 1.62. The first kappa shape index (κ1) is 11.5. The minimum Gasteiger partial charge on any atom is -0.381 e. The molecule has 2 atom stereocenters. The lowest BCUT2D eigenvalue weighted by Crippen LogP contribution is -2.26. The fourth-order valence-electron chi connectivity index (χ4n) is 1.65. The molecule has 5 heteroatoms. The molecule has 2 N–H and O–H groups in total. The molecule has 1 aliphatic heterocycles. The molecular weight excluding hydrogens is 206 g/mol. The Balaban J connectivity index is 2.12. The summed E-state index contributed by atoms with van der Waals surface area (Å²) < 4.78 is 10.5. The lowest BCUT2D eigenvalue weighted by Gasteiger charge is -2.23. The first-order valence-corrected chi connectivity index (χ1v) is 5.65. The van der Waals surface area contributed by atoms with Crippen molar-refractivity contribution in [3.8, 4) is 0 Å². The lowest BCUT2D eigenvalue weighted by atomic mass is 9.87. The third kappa shape index (κ3) is 2.25. The Labute approximate surface area is 95.3 Å². The van der Waals surface area contributed by atoms with Crippen LogP contribution in [0.25, 0.3) is 0 Å². The molecule has 1 saturated heterocycles. The van der Waals surface area contributed by atoms with Crippen LogP contribution in [0.4, 0.5) is 0 Å². The quantitative estimate of drug-likeness (QED) is 0.827. The van der Waals surface area contributed by atoms with Gasteiger partial charge in [0.2, 0.25) is 5.89 Å².